The second kappa shape index (κ2) is 10.3. The smallest absolute Gasteiger partial charge is 0.304 e. The van der Waals surface area contributed by atoms with Crippen LogP contribution in [0.25, 0.3) is 0 Å². The molecule has 0 bridgehead atoms. The third-order valence-electron chi connectivity index (χ3n) is 4.02. The molecule has 29 heavy (non-hydrogen) atoms. The van der Waals surface area contributed by atoms with Crippen LogP contribution in [0.3, 0.4) is 0 Å². The quantitative estimate of drug-likeness (QED) is 0.506. The van der Waals surface area contributed by atoms with Gasteiger partial charge in [-0.2, -0.15) is 0 Å². The fourth-order valence-corrected chi connectivity index (χ4v) is 3.61. The second-order valence-corrected chi connectivity index (χ2v) is 7.50. The van der Waals surface area contributed by atoms with E-state index in [1.165, 1.54) is 6.92 Å². The molecule has 7 nitrogen and oxygen atoms in total. The number of esters is 1. The van der Waals surface area contributed by atoms with E-state index in [9.17, 15) is 14.4 Å². The number of hydrogen-bond acceptors (Lipinski definition) is 7. The van der Waals surface area contributed by atoms with E-state index in [1.807, 2.05) is 48.5 Å². The zero-order valence-electron chi connectivity index (χ0n) is 15.6. The highest BCUT2D eigenvalue weighted by Crippen LogP contribution is 2.26. The van der Waals surface area contributed by atoms with Crippen LogP contribution < -0.4 is 15.8 Å². The molecule has 0 aliphatic carbocycles. The number of ether oxygens (including phenoxy) is 2. The summed E-state index contributed by atoms with van der Waals surface area (Å²) < 4.78 is 10.7. The average molecular weight is 437 g/mol. The van der Waals surface area contributed by atoms with E-state index in [1.54, 1.807) is 0 Å². The number of halogens is 1. The van der Waals surface area contributed by atoms with Gasteiger partial charge in [-0.05, 0) is 41.8 Å². The Balaban J connectivity index is 0.00000300. The summed E-state index contributed by atoms with van der Waals surface area (Å²) in [5.74, 6) is 0.667. The minimum Gasteiger partial charge on any atom is -0.457 e. The normalized spacial score (nSPS) is 16.6. The minimum atomic E-state index is -0.674. The number of carbonyl (C=O) groups excluding carboxylic acids is 3. The summed E-state index contributed by atoms with van der Waals surface area (Å²) in [5, 5.41) is 1.60. The zero-order chi connectivity index (χ0) is 20.1. The van der Waals surface area contributed by atoms with Crippen LogP contribution in [0.4, 0.5) is 4.79 Å². The van der Waals surface area contributed by atoms with Crippen molar-refractivity contribution >= 4 is 41.3 Å². The van der Waals surface area contributed by atoms with Crippen LogP contribution in [0, 0.1) is 0 Å². The van der Waals surface area contributed by atoms with E-state index < -0.39 is 12.2 Å². The average Bonchev–Trinajstić information content (AvgIpc) is 2.95. The molecule has 2 atom stereocenters. The molecule has 2 aromatic rings. The molecule has 2 aromatic carbocycles. The van der Waals surface area contributed by atoms with Crippen LogP contribution in [-0.4, -0.2) is 28.6 Å². The first-order valence-electron chi connectivity index (χ1n) is 8.69. The van der Waals surface area contributed by atoms with Gasteiger partial charge in [0.25, 0.3) is 5.24 Å². The van der Waals surface area contributed by atoms with E-state index in [4.69, 9.17) is 15.2 Å². The summed E-state index contributed by atoms with van der Waals surface area (Å²) in [6, 6.07) is 14.7. The van der Waals surface area contributed by atoms with Crippen LogP contribution >= 0.6 is 24.2 Å². The summed E-state index contributed by atoms with van der Waals surface area (Å²) in [6.07, 6.45) is 0.232. The number of imide groups is 1. The monoisotopic (exact) mass is 436 g/mol. The lowest BCUT2D eigenvalue weighted by atomic mass is 10.1. The Kier molecular flexibility index (Phi) is 8.07. The fraction of sp³-hybridized carbons (Fsp3) is 0.250. The highest BCUT2D eigenvalue weighted by molar-refractivity contribution is 8.15. The van der Waals surface area contributed by atoms with Crippen LogP contribution in [0.2, 0.25) is 0 Å². The first-order chi connectivity index (χ1) is 13.4. The molecule has 1 fully saturated rings. The predicted molar refractivity (Wildman–Crippen MR) is 112 cm³/mol. The van der Waals surface area contributed by atoms with Gasteiger partial charge in [-0.25, -0.2) is 0 Å². The van der Waals surface area contributed by atoms with Crippen LogP contribution in [-0.2, 0) is 27.2 Å². The van der Waals surface area contributed by atoms with E-state index in [2.05, 4.69) is 5.32 Å². The predicted octanol–water partition coefficient (Wildman–Crippen LogP) is 3.19. The number of thioether (sulfide) groups is 1. The van der Waals surface area contributed by atoms with Crippen molar-refractivity contribution in [3.8, 4) is 11.5 Å². The van der Waals surface area contributed by atoms with E-state index in [0.29, 0.717) is 24.3 Å². The summed E-state index contributed by atoms with van der Waals surface area (Å²) in [4.78, 5) is 33.8. The first-order valence-corrected chi connectivity index (χ1v) is 9.57. The molecule has 9 heteroatoms. The van der Waals surface area contributed by atoms with Crippen LogP contribution in [0.15, 0.2) is 48.5 Å². The van der Waals surface area contributed by atoms with Gasteiger partial charge in [-0.3, -0.25) is 25.4 Å². The van der Waals surface area contributed by atoms with Gasteiger partial charge in [0.05, 0.1) is 5.25 Å². The maximum absolute atomic E-state index is 11.6. The number of hydrogen-bond donors (Lipinski definition) is 2. The molecule has 0 aromatic heterocycles. The summed E-state index contributed by atoms with van der Waals surface area (Å²) >= 11 is 1.02. The number of benzene rings is 2. The second-order valence-electron chi connectivity index (χ2n) is 6.33. The summed E-state index contributed by atoms with van der Waals surface area (Å²) in [7, 11) is 0. The van der Waals surface area contributed by atoms with Gasteiger partial charge in [0, 0.05) is 13.3 Å². The molecule has 2 amide bonds. The van der Waals surface area contributed by atoms with Gasteiger partial charge < -0.3 is 9.47 Å². The minimum absolute atomic E-state index is 0. The number of nitrogens with two attached hydrogens (primary N) is 1. The lowest BCUT2D eigenvalue weighted by Gasteiger charge is -2.12. The Labute approximate surface area is 178 Å². The highest BCUT2D eigenvalue weighted by atomic mass is 35.5. The maximum Gasteiger partial charge on any atom is 0.304 e. The SMILES string of the molecule is CC(=O)OC(N)Cc1ccc(Oc2ccc(CC3SC(=O)NC3=O)cc2)cc1.Cl. The molecule has 2 unspecified atom stereocenters. The van der Waals surface area contributed by atoms with Crippen LogP contribution in [0.5, 0.6) is 11.5 Å². The molecule has 0 radical (unpaired) electrons. The lowest BCUT2D eigenvalue weighted by Crippen LogP contribution is -2.28. The van der Waals surface area contributed by atoms with Crippen molar-refractivity contribution in [3.63, 3.8) is 0 Å². The molecule has 0 spiro atoms. The molecule has 1 aliphatic rings. The zero-order valence-corrected chi connectivity index (χ0v) is 17.3. The molecule has 1 saturated heterocycles. The van der Waals surface area contributed by atoms with E-state index >= 15 is 0 Å². The first kappa shape index (κ1) is 22.7. The molecular weight excluding hydrogens is 416 g/mol. The van der Waals surface area contributed by atoms with E-state index in [-0.39, 0.29) is 28.8 Å². The van der Waals surface area contributed by atoms with Gasteiger partial charge in [-0.15, -0.1) is 12.4 Å². The summed E-state index contributed by atoms with van der Waals surface area (Å²) in [6.45, 7) is 1.32. The van der Waals surface area contributed by atoms with Crippen molar-refractivity contribution in [3.05, 3.63) is 59.7 Å². The number of amides is 2. The lowest BCUT2D eigenvalue weighted by molar-refractivity contribution is -0.145. The maximum atomic E-state index is 11.6. The molecule has 154 valence electrons. The topological polar surface area (TPSA) is 108 Å². The molecule has 1 heterocycles. The van der Waals surface area contributed by atoms with Crippen LogP contribution in [0.1, 0.15) is 18.1 Å². The Morgan fingerprint density at radius 1 is 1.07 bits per heavy atom. The van der Waals surface area contributed by atoms with Crippen molar-refractivity contribution in [1.82, 2.24) is 5.32 Å². The third kappa shape index (κ3) is 6.77. The van der Waals surface area contributed by atoms with Gasteiger partial charge >= 0.3 is 5.97 Å². The Morgan fingerprint density at radius 3 is 2.10 bits per heavy atom. The number of rotatable bonds is 7. The molecule has 3 N–H and O–H groups in total. The van der Waals surface area contributed by atoms with Gasteiger partial charge in [-0.1, -0.05) is 36.0 Å². The van der Waals surface area contributed by atoms with Crippen molar-refractivity contribution in [2.75, 3.05) is 0 Å². The number of nitrogens with one attached hydrogen (secondary N) is 1. The fourth-order valence-electron chi connectivity index (χ4n) is 2.75. The van der Waals surface area contributed by atoms with Crippen molar-refractivity contribution in [2.24, 2.45) is 5.73 Å². The molecule has 0 saturated carbocycles. The highest BCUT2D eigenvalue weighted by Gasteiger charge is 2.31. The molecule has 1 aliphatic heterocycles. The van der Waals surface area contributed by atoms with Crippen molar-refractivity contribution in [2.45, 2.75) is 31.2 Å². The van der Waals surface area contributed by atoms with Gasteiger partial charge in [0.15, 0.2) is 6.23 Å². The Morgan fingerprint density at radius 2 is 1.62 bits per heavy atom. The van der Waals surface area contributed by atoms with Gasteiger partial charge in [0.2, 0.25) is 5.91 Å². The summed E-state index contributed by atoms with van der Waals surface area (Å²) in [5.41, 5.74) is 7.62. The standard InChI is InChI=1S/C20H20N2O5S.ClH/c1-12(23)26-18(21)11-14-4-8-16(9-5-14)27-15-6-2-13(3-7-15)10-17-19(24)22-20(25)28-17;/h2-9,17-18H,10-11,21H2,1H3,(H,22,24,25);1H. The van der Waals surface area contributed by atoms with E-state index in [0.717, 1.165) is 22.9 Å². The third-order valence-corrected chi connectivity index (χ3v) is 5.01. The molecule has 3 rings (SSSR count). The van der Waals surface area contributed by atoms with Crippen molar-refractivity contribution < 1.29 is 23.9 Å². The Hall–Kier alpha value is -2.55. The molecular formula is C20H21ClN2O5S. The Bertz CT molecular complexity index is 873. The largest absolute Gasteiger partial charge is 0.457 e. The van der Waals surface area contributed by atoms with Crippen molar-refractivity contribution in [1.29, 1.82) is 0 Å². The van der Waals surface area contributed by atoms with Gasteiger partial charge in [0.1, 0.15) is 11.5 Å². The number of carbonyl (C=O) groups is 3.